The van der Waals surface area contributed by atoms with E-state index in [4.69, 9.17) is 21.6 Å². The Balaban J connectivity index is 2.21. The molecule has 0 saturated carbocycles. The normalized spacial score (nSPS) is 25.6. The van der Waals surface area contributed by atoms with E-state index in [1.54, 1.807) is 13.1 Å². The molecule has 0 amide bonds. The summed E-state index contributed by atoms with van der Waals surface area (Å²) in [5.74, 6) is 2.69. The quantitative estimate of drug-likeness (QED) is 0.825. The van der Waals surface area contributed by atoms with Gasteiger partial charge in [0.25, 0.3) is 0 Å². The lowest BCUT2D eigenvalue weighted by Crippen LogP contribution is -2.28. The molecular formula is C14H19N3O3. The van der Waals surface area contributed by atoms with Crippen LogP contribution in [0.1, 0.15) is 31.6 Å². The molecule has 2 N–H and O–H groups in total. The molecule has 1 fully saturated rings. The van der Waals surface area contributed by atoms with E-state index in [0.717, 1.165) is 12.0 Å². The van der Waals surface area contributed by atoms with Crippen molar-refractivity contribution >= 4 is 5.82 Å². The molecule has 1 aromatic heterocycles. The Morgan fingerprint density at radius 2 is 2.45 bits per heavy atom. The summed E-state index contributed by atoms with van der Waals surface area (Å²) in [6.07, 6.45) is 7.68. The van der Waals surface area contributed by atoms with Crippen molar-refractivity contribution < 1.29 is 9.47 Å². The predicted molar refractivity (Wildman–Crippen MR) is 75.0 cm³/mol. The summed E-state index contributed by atoms with van der Waals surface area (Å²) in [6, 6.07) is 0. The average molecular weight is 277 g/mol. The van der Waals surface area contributed by atoms with Gasteiger partial charge in [0.1, 0.15) is 18.7 Å². The van der Waals surface area contributed by atoms with Crippen LogP contribution >= 0.6 is 0 Å². The fourth-order valence-electron chi connectivity index (χ4n) is 2.35. The minimum absolute atomic E-state index is 0.0712. The highest BCUT2D eigenvalue weighted by Gasteiger charge is 2.36. The number of anilines is 1. The largest absolute Gasteiger partial charge is 0.383 e. The van der Waals surface area contributed by atoms with Crippen molar-refractivity contribution in [2.45, 2.75) is 45.1 Å². The van der Waals surface area contributed by atoms with Gasteiger partial charge in [-0.05, 0) is 13.3 Å². The summed E-state index contributed by atoms with van der Waals surface area (Å²) in [6.45, 7) is 4.05. The molecule has 3 atom stereocenters. The van der Waals surface area contributed by atoms with E-state index in [9.17, 15) is 4.79 Å². The maximum Gasteiger partial charge on any atom is 0.351 e. The van der Waals surface area contributed by atoms with Crippen molar-refractivity contribution in [1.29, 1.82) is 0 Å². The smallest absolute Gasteiger partial charge is 0.351 e. The standard InChI is InChI=1S/C14H19N3O3/c1-4-6-19-11-7-12(20-10(11)5-2)17-8-9(3)13(15)16-14(17)18/h1,8,10-12H,5-7H2,2-3H3,(H2,15,16,18)/t10-,11?,12-/m1/s1. The van der Waals surface area contributed by atoms with Gasteiger partial charge < -0.3 is 15.2 Å². The van der Waals surface area contributed by atoms with Crippen molar-refractivity contribution in [2.24, 2.45) is 0 Å². The second-order valence-electron chi connectivity index (χ2n) is 4.83. The second kappa shape index (κ2) is 6.07. The number of hydrogen-bond donors (Lipinski definition) is 1. The third kappa shape index (κ3) is 2.84. The van der Waals surface area contributed by atoms with Gasteiger partial charge in [-0.25, -0.2) is 4.79 Å². The maximum atomic E-state index is 11.9. The van der Waals surface area contributed by atoms with Gasteiger partial charge in [-0.15, -0.1) is 6.42 Å². The molecule has 0 bridgehead atoms. The topological polar surface area (TPSA) is 79.4 Å². The van der Waals surface area contributed by atoms with E-state index in [2.05, 4.69) is 10.9 Å². The lowest BCUT2D eigenvalue weighted by atomic mass is 10.1. The minimum atomic E-state index is -0.412. The monoisotopic (exact) mass is 277 g/mol. The Morgan fingerprint density at radius 1 is 1.70 bits per heavy atom. The summed E-state index contributed by atoms with van der Waals surface area (Å²) in [5, 5.41) is 0. The second-order valence-corrected chi connectivity index (χ2v) is 4.83. The van der Waals surface area contributed by atoms with Crippen molar-refractivity contribution in [3.8, 4) is 12.3 Å². The van der Waals surface area contributed by atoms with Crippen LogP contribution in [0.5, 0.6) is 0 Å². The molecule has 1 aromatic rings. The zero-order chi connectivity index (χ0) is 14.7. The van der Waals surface area contributed by atoms with E-state index in [0.29, 0.717) is 6.42 Å². The number of nitrogens with zero attached hydrogens (tertiary/aromatic N) is 2. The Labute approximate surface area is 117 Å². The van der Waals surface area contributed by atoms with E-state index in [-0.39, 0.29) is 30.9 Å². The van der Waals surface area contributed by atoms with E-state index in [1.165, 1.54) is 4.57 Å². The summed E-state index contributed by atoms with van der Waals surface area (Å²) < 4.78 is 12.9. The molecule has 20 heavy (non-hydrogen) atoms. The van der Waals surface area contributed by atoms with Gasteiger partial charge >= 0.3 is 5.69 Å². The molecule has 0 aliphatic carbocycles. The number of terminal acetylenes is 1. The lowest BCUT2D eigenvalue weighted by Gasteiger charge is -2.16. The summed E-state index contributed by atoms with van der Waals surface area (Å²) >= 11 is 0. The Hall–Kier alpha value is -1.84. The van der Waals surface area contributed by atoms with Gasteiger partial charge in [0.2, 0.25) is 0 Å². The van der Waals surface area contributed by atoms with Crippen molar-refractivity contribution in [2.75, 3.05) is 12.3 Å². The van der Waals surface area contributed by atoms with Crippen LogP contribution in [0.2, 0.25) is 0 Å². The van der Waals surface area contributed by atoms with Gasteiger partial charge in [-0.3, -0.25) is 4.57 Å². The molecule has 1 unspecified atom stereocenters. The number of aryl methyl sites for hydroxylation is 1. The highest BCUT2D eigenvalue weighted by Crippen LogP contribution is 2.31. The number of hydrogen-bond acceptors (Lipinski definition) is 5. The summed E-state index contributed by atoms with van der Waals surface area (Å²) in [7, 11) is 0. The molecule has 1 saturated heterocycles. The molecule has 2 rings (SSSR count). The van der Waals surface area contributed by atoms with Gasteiger partial charge in [0.05, 0.1) is 12.2 Å². The molecule has 6 heteroatoms. The van der Waals surface area contributed by atoms with Crippen LogP contribution in [-0.2, 0) is 9.47 Å². The van der Waals surface area contributed by atoms with Gasteiger partial charge in [-0.2, -0.15) is 4.98 Å². The summed E-state index contributed by atoms with van der Waals surface area (Å²) in [5.41, 5.74) is 5.96. The van der Waals surface area contributed by atoms with Gasteiger partial charge in [0, 0.05) is 18.2 Å². The van der Waals surface area contributed by atoms with Crippen molar-refractivity contribution in [1.82, 2.24) is 9.55 Å². The Bertz CT molecular complexity index is 576. The summed E-state index contributed by atoms with van der Waals surface area (Å²) in [4.78, 5) is 15.7. The van der Waals surface area contributed by atoms with Crippen LogP contribution in [0.4, 0.5) is 5.82 Å². The molecule has 0 radical (unpaired) electrons. The SMILES string of the molecule is C#CCOC1C[C@H](n2cc(C)c(N)nc2=O)O[C@@H]1CC. The van der Waals surface area contributed by atoms with Gasteiger partial charge in [0.15, 0.2) is 0 Å². The minimum Gasteiger partial charge on any atom is -0.383 e. The number of nitrogen functional groups attached to an aromatic ring is 1. The molecular weight excluding hydrogens is 258 g/mol. The lowest BCUT2D eigenvalue weighted by molar-refractivity contribution is -0.0348. The fourth-order valence-corrected chi connectivity index (χ4v) is 2.35. The third-order valence-electron chi connectivity index (χ3n) is 3.45. The number of aromatic nitrogens is 2. The highest BCUT2D eigenvalue weighted by atomic mass is 16.6. The zero-order valence-corrected chi connectivity index (χ0v) is 11.7. The first-order valence-corrected chi connectivity index (χ1v) is 6.62. The highest BCUT2D eigenvalue weighted by molar-refractivity contribution is 5.35. The molecule has 0 spiro atoms. The van der Waals surface area contributed by atoms with Gasteiger partial charge in [-0.1, -0.05) is 12.8 Å². The van der Waals surface area contributed by atoms with Crippen LogP contribution in [0.25, 0.3) is 0 Å². The molecule has 1 aliphatic heterocycles. The van der Waals surface area contributed by atoms with Crippen LogP contribution in [0.15, 0.2) is 11.0 Å². The van der Waals surface area contributed by atoms with Crippen LogP contribution in [-0.4, -0.2) is 28.4 Å². The number of ether oxygens (including phenoxy) is 2. The number of rotatable bonds is 4. The Kier molecular flexibility index (Phi) is 4.42. The van der Waals surface area contributed by atoms with Crippen molar-refractivity contribution in [3.63, 3.8) is 0 Å². The van der Waals surface area contributed by atoms with E-state index in [1.807, 2.05) is 6.92 Å². The fraction of sp³-hybridized carbons (Fsp3) is 0.571. The average Bonchev–Trinajstić information content (AvgIpc) is 2.83. The maximum absolute atomic E-state index is 11.9. The molecule has 108 valence electrons. The first-order chi connectivity index (χ1) is 9.56. The van der Waals surface area contributed by atoms with Crippen LogP contribution in [0.3, 0.4) is 0 Å². The first-order valence-electron chi connectivity index (χ1n) is 6.62. The molecule has 1 aliphatic rings. The van der Waals surface area contributed by atoms with E-state index >= 15 is 0 Å². The van der Waals surface area contributed by atoms with Crippen LogP contribution < -0.4 is 11.4 Å². The zero-order valence-electron chi connectivity index (χ0n) is 11.7. The molecule has 6 nitrogen and oxygen atoms in total. The number of nitrogens with two attached hydrogens (primary N) is 1. The third-order valence-corrected chi connectivity index (χ3v) is 3.45. The molecule has 0 aromatic carbocycles. The molecule has 2 heterocycles. The van der Waals surface area contributed by atoms with E-state index < -0.39 is 5.69 Å². The van der Waals surface area contributed by atoms with Crippen molar-refractivity contribution in [3.05, 3.63) is 22.2 Å². The first kappa shape index (κ1) is 14.6. The van der Waals surface area contributed by atoms with Crippen LogP contribution in [0, 0.1) is 19.3 Å². The Morgan fingerprint density at radius 3 is 3.10 bits per heavy atom. The predicted octanol–water partition coefficient (Wildman–Crippen LogP) is 0.850.